The lowest BCUT2D eigenvalue weighted by molar-refractivity contribution is 0.200. The molecule has 1 unspecified atom stereocenters. The van der Waals surface area contributed by atoms with Crippen LogP contribution in [0.3, 0.4) is 0 Å². The van der Waals surface area contributed by atoms with Crippen LogP contribution in [-0.2, 0) is 0 Å². The zero-order valence-corrected chi connectivity index (χ0v) is 14.2. The molecule has 3 rings (SSSR count). The molecule has 0 spiro atoms. The summed E-state index contributed by atoms with van der Waals surface area (Å²) in [5.41, 5.74) is 1.33. The van der Waals surface area contributed by atoms with Gasteiger partial charge in [0.05, 0.1) is 13.2 Å². The molecule has 1 aromatic carbocycles. The van der Waals surface area contributed by atoms with Crippen LogP contribution < -0.4 is 14.8 Å². The molecule has 1 aliphatic heterocycles. The Morgan fingerprint density at radius 2 is 1.90 bits per heavy atom. The maximum atomic E-state index is 6.15. The van der Waals surface area contributed by atoms with Crippen molar-refractivity contribution in [1.82, 2.24) is 5.32 Å². The van der Waals surface area contributed by atoms with E-state index in [1.807, 2.05) is 0 Å². The number of piperidine rings is 1. The van der Waals surface area contributed by atoms with Crippen LogP contribution in [0.4, 0.5) is 0 Å². The Balaban J connectivity index is 1.82. The molecular formula is C17H24BrNO2. The van der Waals surface area contributed by atoms with Crippen molar-refractivity contribution in [2.75, 3.05) is 20.2 Å². The lowest BCUT2D eigenvalue weighted by atomic mass is 9.91. The van der Waals surface area contributed by atoms with Crippen molar-refractivity contribution in [3.63, 3.8) is 0 Å². The third kappa shape index (κ3) is 3.54. The highest BCUT2D eigenvalue weighted by Crippen LogP contribution is 2.40. The third-order valence-electron chi connectivity index (χ3n) is 4.62. The molecular weight excluding hydrogens is 330 g/mol. The van der Waals surface area contributed by atoms with Crippen LogP contribution in [-0.4, -0.2) is 26.3 Å². The van der Waals surface area contributed by atoms with Crippen molar-refractivity contribution >= 4 is 15.9 Å². The molecule has 1 aliphatic carbocycles. The number of hydrogen-bond acceptors (Lipinski definition) is 3. The number of halogens is 1. The highest BCUT2D eigenvalue weighted by molar-refractivity contribution is 9.10. The Labute approximate surface area is 135 Å². The molecule has 3 nitrogen and oxygen atoms in total. The van der Waals surface area contributed by atoms with Gasteiger partial charge in [-0.3, -0.25) is 0 Å². The maximum Gasteiger partial charge on any atom is 0.162 e. The lowest BCUT2D eigenvalue weighted by Crippen LogP contribution is -2.28. The summed E-state index contributed by atoms with van der Waals surface area (Å²) >= 11 is 3.73. The standard InChI is InChI=1S/C17H24BrNO2/c1-20-16-9-14(12-5-4-8-19-11-12)15(18)10-17(16)21-13-6-2-3-7-13/h9-10,12-13,19H,2-8,11H2,1H3. The summed E-state index contributed by atoms with van der Waals surface area (Å²) in [5, 5.41) is 3.48. The first kappa shape index (κ1) is 15.2. The molecule has 4 heteroatoms. The fourth-order valence-electron chi connectivity index (χ4n) is 3.42. The van der Waals surface area contributed by atoms with E-state index in [9.17, 15) is 0 Å². The van der Waals surface area contributed by atoms with Crippen molar-refractivity contribution in [2.45, 2.75) is 50.5 Å². The molecule has 1 aromatic rings. The van der Waals surface area contributed by atoms with E-state index in [2.05, 4.69) is 33.4 Å². The number of methoxy groups -OCH3 is 1. The quantitative estimate of drug-likeness (QED) is 0.877. The highest BCUT2D eigenvalue weighted by Gasteiger charge is 2.23. The first-order valence-corrected chi connectivity index (χ1v) is 8.82. The molecule has 2 fully saturated rings. The summed E-state index contributed by atoms with van der Waals surface area (Å²) in [6, 6.07) is 4.26. The van der Waals surface area contributed by atoms with Crippen molar-refractivity contribution in [3.05, 3.63) is 22.2 Å². The predicted molar refractivity (Wildman–Crippen MR) is 88.4 cm³/mol. The molecule has 21 heavy (non-hydrogen) atoms. The highest BCUT2D eigenvalue weighted by atomic mass is 79.9. The minimum absolute atomic E-state index is 0.355. The summed E-state index contributed by atoms with van der Waals surface area (Å²) in [4.78, 5) is 0. The van der Waals surface area contributed by atoms with Gasteiger partial charge in [-0.1, -0.05) is 15.9 Å². The molecule has 0 amide bonds. The smallest absolute Gasteiger partial charge is 0.162 e. The Bertz CT molecular complexity index is 480. The van der Waals surface area contributed by atoms with Crippen LogP contribution >= 0.6 is 15.9 Å². The average molecular weight is 354 g/mol. The van der Waals surface area contributed by atoms with Crippen molar-refractivity contribution in [2.24, 2.45) is 0 Å². The normalized spacial score (nSPS) is 23.2. The fourth-order valence-corrected chi connectivity index (χ4v) is 4.06. The van der Waals surface area contributed by atoms with E-state index >= 15 is 0 Å². The minimum atomic E-state index is 0.355. The van der Waals surface area contributed by atoms with Gasteiger partial charge in [0.15, 0.2) is 11.5 Å². The van der Waals surface area contributed by atoms with Gasteiger partial charge < -0.3 is 14.8 Å². The molecule has 0 bridgehead atoms. The van der Waals surface area contributed by atoms with Crippen LogP contribution in [0.2, 0.25) is 0 Å². The molecule has 1 saturated heterocycles. The zero-order valence-electron chi connectivity index (χ0n) is 12.7. The summed E-state index contributed by atoms with van der Waals surface area (Å²) in [5.74, 6) is 2.30. The molecule has 0 radical (unpaired) electrons. The maximum absolute atomic E-state index is 6.15. The summed E-state index contributed by atoms with van der Waals surface area (Å²) < 4.78 is 12.9. The van der Waals surface area contributed by atoms with Crippen molar-refractivity contribution in [1.29, 1.82) is 0 Å². The fraction of sp³-hybridized carbons (Fsp3) is 0.647. The van der Waals surface area contributed by atoms with Crippen LogP contribution in [0.25, 0.3) is 0 Å². The van der Waals surface area contributed by atoms with Gasteiger partial charge in [-0.2, -0.15) is 0 Å². The van der Waals surface area contributed by atoms with Gasteiger partial charge in [-0.05, 0) is 68.7 Å². The molecule has 1 heterocycles. The van der Waals surface area contributed by atoms with Crippen LogP contribution in [0.15, 0.2) is 16.6 Å². The Morgan fingerprint density at radius 3 is 2.57 bits per heavy atom. The van der Waals surface area contributed by atoms with E-state index in [0.717, 1.165) is 41.9 Å². The van der Waals surface area contributed by atoms with E-state index in [0.29, 0.717) is 12.0 Å². The van der Waals surface area contributed by atoms with Crippen LogP contribution in [0, 0.1) is 0 Å². The van der Waals surface area contributed by atoms with Crippen LogP contribution in [0.5, 0.6) is 11.5 Å². The Morgan fingerprint density at radius 1 is 1.10 bits per heavy atom. The summed E-state index contributed by atoms with van der Waals surface area (Å²) in [6.07, 6.45) is 7.70. The van der Waals surface area contributed by atoms with Gasteiger partial charge in [0.1, 0.15) is 0 Å². The zero-order chi connectivity index (χ0) is 14.7. The van der Waals surface area contributed by atoms with E-state index in [1.54, 1.807) is 7.11 Å². The topological polar surface area (TPSA) is 30.5 Å². The predicted octanol–water partition coefficient (Wildman–Crippen LogP) is 4.25. The minimum Gasteiger partial charge on any atom is -0.493 e. The van der Waals surface area contributed by atoms with E-state index < -0.39 is 0 Å². The molecule has 1 atom stereocenters. The number of hydrogen-bond donors (Lipinski definition) is 1. The lowest BCUT2D eigenvalue weighted by Gasteiger charge is -2.25. The van der Waals surface area contributed by atoms with Gasteiger partial charge in [0.2, 0.25) is 0 Å². The summed E-state index contributed by atoms with van der Waals surface area (Å²) in [7, 11) is 1.73. The van der Waals surface area contributed by atoms with E-state index in [4.69, 9.17) is 9.47 Å². The van der Waals surface area contributed by atoms with E-state index in [-0.39, 0.29) is 0 Å². The number of rotatable bonds is 4. The van der Waals surface area contributed by atoms with Gasteiger partial charge in [-0.25, -0.2) is 0 Å². The molecule has 1 N–H and O–H groups in total. The first-order valence-electron chi connectivity index (χ1n) is 8.02. The molecule has 0 aromatic heterocycles. The SMILES string of the molecule is COc1cc(C2CCCNC2)c(Br)cc1OC1CCCC1. The average Bonchev–Trinajstić information content (AvgIpc) is 3.01. The number of nitrogens with one attached hydrogen (secondary N) is 1. The van der Waals surface area contributed by atoms with Gasteiger partial charge in [0, 0.05) is 11.0 Å². The molecule has 1 saturated carbocycles. The van der Waals surface area contributed by atoms with Crippen molar-refractivity contribution < 1.29 is 9.47 Å². The van der Waals surface area contributed by atoms with E-state index in [1.165, 1.54) is 31.2 Å². The van der Waals surface area contributed by atoms with Crippen molar-refractivity contribution in [3.8, 4) is 11.5 Å². The Kier molecular flexibility index (Phi) is 5.07. The van der Waals surface area contributed by atoms with Crippen LogP contribution in [0.1, 0.15) is 50.0 Å². The Hall–Kier alpha value is -0.740. The number of ether oxygens (including phenoxy) is 2. The van der Waals surface area contributed by atoms with Gasteiger partial charge in [0.25, 0.3) is 0 Å². The second-order valence-corrected chi connectivity index (χ2v) is 6.95. The summed E-state index contributed by atoms with van der Waals surface area (Å²) in [6.45, 7) is 2.18. The first-order chi connectivity index (χ1) is 10.3. The largest absolute Gasteiger partial charge is 0.493 e. The second kappa shape index (κ2) is 7.01. The van der Waals surface area contributed by atoms with Gasteiger partial charge in [-0.15, -0.1) is 0 Å². The monoisotopic (exact) mass is 353 g/mol. The number of benzene rings is 1. The molecule has 116 valence electrons. The third-order valence-corrected chi connectivity index (χ3v) is 5.30. The molecule has 2 aliphatic rings. The van der Waals surface area contributed by atoms with Gasteiger partial charge >= 0.3 is 0 Å². The second-order valence-electron chi connectivity index (χ2n) is 6.09.